The Hall–Kier alpha value is -1.74. The average Bonchev–Trinajstić information content (AvgIpc) is 2.41. The Labute approximate surface area is 118 Å². The van der Waals surface area contributed by atoms with Crippen molar-refractivity contribution in [3.8, 4) is 0 Å². The van der Waals surface area contributed by atoms with Crippen LogP contribution in [0.4, 0.5) is 11.6 Å². The van der Waals surface area contributed by atoms with Gasteiger partial charge in [-0.25, -0.2) is 23.4 Å². The summed E-state index contributed by atoms with van der Waals surface area (Å²) in [5.41, 5.74) is 0. The molecule has 2 heterocycles. The molecule has 0 saturated heterocycles. The van der Waals surface area contributed by atoms with Gasteiger partial charge in [-0.05, 0) is 22.0 Å². The maximum atomic E-state index is 12.1. The molecule has 0 spiro atoms. The zero-order valence-corrected chi connectivity index (χ0v) is 12.2. The fourth-order valence-electron chi connectivity index (χ4n) is 1.28. The summed E-state index contributed by atoms with van der Waals surface area (Å²) in [6.07, 6.45) is 4.14. The standard InChI is InChI=1S/C10H10BrN5O2S/c1-12-9-4-7(2-3-13-9)19(17,18)16-10-6-14-8(11)5-15-10/h2-6H,1H3,(H,12,13)(H,15,16). The van der Waals surface area contributed by atoms with E-state index in [9.17, 15) is 8.42 Å². The lowest BCUT2D eigenvalue weighted by atomic mass is 10.5. The second-order valence-corrected chi connectivity index (χ2v) is 5.95. The van der Waals surface area contributed by atoms with E-state index >= 15 is 0 Å². The summed E-state index contributed by atoms with van der Waals surface area (Å²) in [4.78, 5) is 11.8. The lowest BCUT2D eigenvalue weighted by Crippen LogP contribution is -2.14. The van der Waals surface area contributed by atoms with Gasteiger partial charge in [0.1, 0.15) is 10.4 Å². The number of hydrogen-bond donors (Lipinski definition) is 2. The van der Waals surface area contributed by atoms with Crippen molar-refractivity contribution in [3.63, 3.8) is 0 Å². The fourth-order valence-corrected chi connectivity index (χ4v) is 2.49. The van der Waals surface area contributed by atoms with Crippen LogP contribution in [0.2, 0.25) is 0 Å². The maximum absolute atomic E-state index is 12.1. The van der Waals surface area contributed by atoms with Gasteiger partial charge in [0.05, 0.1) is 17.3 Å². The minimum atomic E-state index is -3.71. The number of anilines is 2. The van der Waals surface area contributed by atoms with Crippen LogP contribution >= 0.6 is 15.9 Å². The lowest BCUT2D eigenvalue weighted by molar-refractivity contribution is 0.601. The monoisotopic (exact) mass is 343 g/mol. The van der Waals surface area contributed by atoms with E-state index < -0.39 is 10.0 Å². The van der Waals surface area contributed by atoms with E-state index in [1.807, 2.05) is 0 Å². The quantitative estimate of drug-likeness (QED) is 0.872. The molecule has 0 unspecified atom stereocenters. The number of hydrogen-bond acceptors (Lipinski definition) is 6. The molecule has 2 aromatic heterocycles. The molecule has 0 atom stereocenters. The van der Waals surface area contributed by atoms with E-state index in [0.717, 1.165) is 0 Å². The summed E-state index contributed by atoms with van der Waals surface area (Å²) in [5.74, 6) is 0.607. The Balaban J connectivity index is 2.29. The third-order valence-electron chi connectivity index (χ3n) is 2.16. The van der Waals surface area contributed by atoms with Crippen LogP contribution in [0, 0.1) is 0 Å². The van der Waals surface area contributed by atoms with Gasteiger partial charge in [-0.15, -0.1) is 0 Å². The molecule has 0 aliphatic rings. The van der Waals surface area contributed by atoms with Gasteiger partial charge in [0.2, 0.25) is 0 Å². The van der Waals surface area contributed by atoms with Crippen molar-refractivity contribution in [2.45, 2.75) is 4.90 Å². The summed E-state index contributed by atoms with van der Waals surface area (Å²) in [6, 6.07) is 2.82. The molecule has 0 aliphatic carbocycles. The van der Waals surface area contributed by atoms with E-state index in [1.165, 1.54) is 30.7 Å². The molecule has 7 nitrogen and oxygen atoms in total. The van der Waals surface area contributed by atoms with Gasteiger partial charge in [-0.1, -0.05) is 0 Å². The third-order valence-corrected chi connectivity index (χ3v) is 3.92. The first-order valence-electron chi connectivity index (χ1n) is 5.15. The molecule has 2 aromatic rings. The van der Waals surface area contributed by atoms with E-state index in [-0.39, 0.29) is 10.7 Å². The number of halogens is 1. The van der Waals surface area contributed by atoms with Crippen molar-refractivity contribution < 1.29 is 8.42 Å². The second kappa shape index (κ2) is 5.49. The van der Waals surface area contributed by atoms with Crippen molar-refractivity contribution in [3.05, 3.63) is 35.3 Å². The van der Waals surface area contributed by atoms with Gasteiger partial charge in [-0.2, -0.15) is 0 Å². The van der Waals surface area contributed by atoms with Crippen LogP contribution in [-0.2, 0) is 10.0 Å². The van der Waals surface area contributed by atoms with E-state index in [1.54, 1.807) is 7.05 Å². The number of aromatic nitrogens is 3. The smallest absolute Gasteiger partial charge is 0.263 e. The van der Waals surface area contributed by atoms with Gasteiger partial charge in [0, 0.05) is 19.3 Å². The summed E-state index contributed by atoms with van der Waals surface area (Å²) in [6.45, 7) is 0. The van der Waals surface area contributed by atoms with Crippen molar-refractivity contribution in [2.24, 2.45) is 0 Å². The van der Waals surface area contributed by atoms with Crippen LogP contribution in [0.25, 0.3) is 0 Å². The normalized spacial score (nSPS) is 11.1. The summed E-state index contributed by atoms with van der Waals surface area (Å²) in [7, 11) is -2.05. The first-order chi connectivity index (χ1) is 9.01. The van der Waals surface area contributed by atoms with Crippen LogP contribution in [0.3, 0.4) is 0 Å². The van der Waals surface area contributed by atoms with Crippen LogP contribution in [0.5, 0.6) is 0 Å². The zero-order chi connectivity index (χ0) is 13.9. The van der Waals surface area contributed by atoms with Crippen molar-refractivity contribution in [2.75, 3.05) is 17.1 Å². The Bertz CT molecular complexity index is 675. The average molecular weight is 344 g/mol. The Kier molecular flexibility index (Phi) is 3.96. The first kappa shape index (κ1) is 13.7. The highest BCUT2D eigenvalue weighted by Gasteiger charge is 2.15. The van der Waals surface area contributed by atoms with Crippen molar-refractivity contribution >= 4 is 37.6 Å². The molecule has 100 valence electrons. The van der Waals surface area contributed by atoms with Gasteiger partial charge >= 0.3 is 0 Å². The molecular weight excluding hydrogens is 334 g/mol. The second-order valence-electron chi connectivity index (χ2n) is 3.46. The lowest BCUT2D eigenvalue weighted by Gasteiger charge is -2.07. The van der Waals surface area contributed by atoms with Crippen LogP contribution in [-0.4, -0.2) is 30.4 Å². The molecule has 0 aliphatic heterocycles. The Morgan fingerprint density at radius 2 is 1.95 bits per heavy atom. The molecule has 0 amide bonds. The number of nitrogens with zero attached hydrogens (tertiary/aromatic N) is 3. The number of rotatable bonds is 4. The van der Waals surface area contributed by atoms with E-state index in [2.05, 4.69) is 40.9 Å². The third kappa shape index (κ3) is 3.38. The summed E-state index contributed by atoms with van der Waals surface area (Å²) >= 11 is 3.12. The van der Waals surface area contributed by atoms with E-state index in [4.69, 9.17) is 0 Å². The largest absolute Gasteiger partial charge is 0.373 e. The fraction of sp³-hybridized carbons (Fsp3) is 0.100. The molecule has 0 aromatic carbocycles. The van der Waals surface area contributed by atoms with Gasteiger partial charge in [0.25, 0.3) is 10.0 Å². The number of nitrogens with one attached hydrogen (secondary N) is 2. The Morgan fingerprint density at radius 3 is 2.58 bits per heavy atom. The topological polar surface area (TPSA) is 96.9 Å². The minimum Gasteiger partial charge on any atom is -0.373 e. The summed E-state index contributed by atoms with van der Waals surface area (Å²) < 4.78 is 27.1. The van der Waals surface area contributed by atoms with Gasteiger partial charge in [-0.3, -0.25) is 4.72 Å². The number of sulfonamides is 1. The summed E-state index contributed by atoms with van der Waals surface area (Å²) in [5, 5.41) is 2.77. The van der Waals surface area contributed by atoms with Crippen LogP contribution in [0.1, 0.15) is 0 Å². The van der Waals surface area contributed by atoms with Crippen molar-refractivity contribution in [1.29, 1.82) is 0 Å². The predicted octanol–water partition coefficient (Wildman–Crippen LogP) is 1.48. The van der Waals surface area contributed by atoms with Gasteiger partial charge in [0.15, 0.2) is 5.82 Å². The molecule has 0 fully saturated rings. The molecule has 2 rings (SSSR count). The van der Waals surface area contributed by atoms with Crippen molar-refractivity contribution in [1.82, 2.24) is 15.0 Å². The number of pyridine rings is 1. The zero-order valence-electron chi connectivity index (χ0n) is 9.83. The molecule has 0 bridgehead atoms. The van der Waals surface area contributed by atoms with Gasteiger partial charge < -0.3 is 5.32 Å². The molecule has 19 heavy (non-hydrogen) atoms. The highest BCUT2D eigenvalue weighted by atomic mass is 79.9. The SMILES string of the molecule is CNc1cc(S(=O)(=O)Nc2cnc(Br)cn2)ccn1. The van der Waals surface area contributed by atoms with Crippen LogP contribution < -0.4 is 10.0 Å². The Morgan fingerprint density at radius 1 is 1.16 bits per heavy atom. The molecular formula is C10H10BrN5O2S. The molecule has 0 saturated carbocycles. The van der Waals surface area contributed by atoms with E-state index in [0.29, 0.717) is 10.4 Å². The van der Waals surface area contributed by atoms with Crippen LogP contribution in [0.15, 0.2) is 40.2 Å². The molecule has 2 N–H and O–H groups in total. The molecule has 0 radical (unpaired) electrons. The minimum absolute atomic E-state index is 0.0940. The molecule has 9 heteroatoms. The predicted molar refractivity (Wildman–Crippen MR) is 74.3 cm³/mol. The highest BCUT2D eigenvalue weighted by Crippen LogP contribution is 2.16. The first-order valence-corrected chi connectivity index (χ1v) is 7.43. The maximum Gasteiger partial charge on any atom is 0.263 e. The highest BCUT2D eigenvalue weighted by molar-refractivity contribution is 9.10.